The van der Waals surface area contributed by atoms with Gasteiger partial charge in [-0.05, 0) is 64.4 Å². The molecule has 0 saturated heterocycles. The number of nitrogens with zero attached hydrogens (tertiary/aromatic N) is 6. The van der Waals surface area contributed by atoms with Crippen LogP contribution in [0, 0.1) is 11.6 Å². The highest BCUT2D eigenvalue weighted by Crippen LogP contribution is 2.28. The maximum atomic E-state index is 13.9. The van der Waals surface area contributed by atoms with Crippen LogP contribution in [0.25, 0.3) is 5.82 Å². The van der Waals surface area contributed by atoms with Gasteiger partial charge in [0.05, 0.1) is 13.3 Å². The number of nitrogens with two attached hydrogens (primary N) is 1. The number of hydrogen-bond donors (Lipinski definition) is 2. The molecule has 42 heavy (non-hydrogen) atoms. The van der Waals surface area contributed by atoms with Crippen LogP contribution in [0.5, 0.6) is 17.2 Å². The lowest BCUT2D eigenvalue weighted by Crippen LogP contribution is -2.21. The first kappa shape index (κ1) is 27.7. The summed E-state index contributed by atoms with van der Waals surface area (Å²) in [6, 6.07) is 16.5. The molecule has 3 aromatic carbocycles. The van der Waals surface area contributed by atoms with E-state index in [-0.39, 0.29) is 42.1 Å². The summed E-state index contributed by atoms with van der Waals surface area (Å²) in [7, 11) is 1.46. The van der Waals surface area contributed by atoms with E-state index in [1.54, 1.807) is 36.4 Å². The second-order valence-corrected chi connectivity index (χ2v) is 8.50. The zero-order valence-corrected chi connectivity index (χ0v) is 21.9. The van der Waals surface area contributed by atoms with Gasteiger partial charge in [0.25, 0.3) is 5.91 Å². The smallest absolute Gasteiger partial charge is 0.293 e. The van der Waals surface area contributed by atoms with Crippen LogP contribution >= 0.6 is 0 Å². The van der Waals surface area contributed by atoms with Crippen molar-refractivity contribution >= 4 is 17.9 Å². The van der Waals surface area contributed by atoms with Crippen molar-refractivity contribution < 1.29 is 32.4 Å². The minimum Gasteiger partial charge on any atom is -0.493 e. The number of nitrogen functional groups attached to an aromatic ring is 1. The van der Waals surface area contributed by atoms with Crippen molar-refractivity contribution in [2.75, 3.05) is 12.8 Å². The quantitative estimate of drug-likeness (QED) is 0.176. The second kappa shape index (κ2) is 12.5. The van der Waals surface area contributed by atoms with Crippen molar-refractivity contribution in [2.45, 2.75) is 13.2 Å². The Hall–Kier alpha value is -5.86. The van der Waals surface area contributed by atoms with Crippen molar-refractivity contribution in [3.05, 3.63) is 101 Å². The SMILES string of the molecule is COc1cc(/C=N\NC(=O)c2nnn(-c3nonc3N)c2COc2ccc(F)cc2)ccc1OCc1ccccc1F. The van der Waals surface area contributed by atoms with Crippen molar-refractivity contribution in [3.63, 3.8) is 0 Å². The van der Waals surface area contributed by atoms with E-state index in [0.29, 0.717) is 28.4 Å². The van der Waals surface area contributed by atoms with E-state index in [1.165, 1.54) is 43.7 Å². The topological polar surface area (TPSA) is 165 Å². The van der Waals surface area contributed by atoms with Crippen LogP contribution in [0.3, 0.4) is 0 Å². The third-order valence-corrected chi connectivity index (χ3v) is 5.77. The average molecular weight is 577 g/mol. The van der Waals surface area contributed by atoms with Crippen molar-refractivity contribution in [1.82, 2.24) is 30.7 Å². The lowest BCUT2D eigenvalue weighted by Gasteiger charge is -2.11. The van der Waals surface area contributed by atoms with Gasteiger partial charge in [0.1, 0.15) is 36.3 Å². The molecule has 0 aliphatic rings. The van der Waals surface area contributed by atoms with E-state index in [0.717, 1.165) is 4.68 Å². The molecule has 0 fully saturated rings. The Labute approximate surface area is 236 Å². The number of halogens is 2. The maximum Gasteiger partial charge on any atom is 0.293 e. The molecule has 2 aromatic heterocycles. The van der Waals surface area contributed by atoms with Crippen molar-refractivity contribution in [3.8, 4) is 23.1 Å². The number of hydrogen-bond acceptors (Lipinski definition) is 11. The van der Waals surface area contributed by atoms with Gasteiger partial charge in [-0.15, -0.1) is 5.10 Å². The van der Waals surface area contributed by atoms with E-state index >= 15 is 0 Å². The fourth-order valence-corrected chi connectivity index (χ4v) is 3.67. The predicted octanol–water partition coefficient (Wildman–Crippen LogP) is 3.44. The molecule has 0 saturated carbocycles. The normalized spacial score (nSPS) is 11.0. The van der Waals surface area contributed by atoms with E-state index in [9.17, 15) is 13.6 Å². The Kier molecular flexibility index (Phi) is 8.27. The summed E-state index contributed by atoms with van der Waals surface area (Å²) < 4.78 is 49.7. The van der Waals surface area contributed by atoms with E-state index in [1.807, 2.05) is 0 Å². The van der Waals surface area contributed by atoms with Crippen LogP contribution in [-0.2, 0) is 13.2 Å². The van der Waals surface area contributed by atoms with Gasteiger partial charge in [-0.3, -0.25) is 4.79 Å². The molecule has 0 unspecified atom stereocenters. The molecule has 1 amide bonds. The van der Waals surface area contributed by atoms with Crippen LogP contribution in [0.15, 0.2) is 76.5 Å². The van der Waals surface area contributed by atoms with Gasteiger partial charge in [0, 0.05) is 5.56 Å². The molecular formula is C27H22F2N8O5. The number of carbonyl (C=O) groups is 1. The van der Waals surface area contributed by atoms with Crippen LogP contribution in [0.1, 0.15) is 27.3 Å². The van der Waals surface area contributed by atoms with Crippen molar-refractivity contribution in [2.24, 2.45) is 5.10 Å². The summed E-state index contributed by atoms with van der Waals surface area (Å²) >= 11 is 0. The first-order valence-electron chi connectivity index (χ1n) is 12.2. The number of carbonyl (C=O) groups excluding carboxylic acids is 1. The van der Waals surface area contributed by atoms with Crippen LogP contribution < -0.4 is 25.4 Å². The summed E-state index contributed by atoms with van der Waals surface area (Å²) in [4.78, 5) is 13.0. The zero-order chi connectivity index (χ0) is 29.5. The molecule has 0 bridgehead atoms. The standard InChI is InChI=1S/C27H22F2N8O5/c1-39-23-12-16(6-11-22(23)41-14-17-4-2-3-5-20(17)29)13-31-33-27(38)24-21(15-40-19-9-7-18(28)8-10-19)37(36-32-24)26-25(30)34-42-35-26/h2-13H,14-15H2,1H3,(H2,30,34)(H,33,38)/b31-13-. The summed E-state index contributed by atoms with van der Waals surface area (Å²) in [6.45, 7) is -0.209. The molecule has 15 heteroatoms. The zero-order valence-electron chi connectivity index (χ0n) is 21.9. The maximum absolute atomic E-state index is 13.9. The minimum absolute atomic E-state index is 0.00726. The Bertz CT molecular complexity index is 1720. The number of amides is 1. The summed E-state index contributed by atoms with van der Waals surface area (Å²) in [5.74, 6) is -0.528. The summed E-state index contributed by atoms with van der Waals surface area (Å²) in [5.41, 5.74) is 9.12. The number of methoxy groups -OCH3 is 1. The number of hydrazone groups is 1. The van der Waals surface area contributed by atoms with E-state index in [4.69, 9.17) is 19.9 Å². The first-order chi connectivity index (χ1) is 20.4. The molecule has 0 aliphatic carbocycles. The number of anilines is 1. The van der Waals surface area contributed by atoms with Gasteiger partial charge in [-0.1, -0.05) is 23.4 Å². The predicted molar refractivity (Wildman–Crippen MR) is 143 cm³/mol. The molecule has 13 nitrogen and oxygen atoms in total. The highest BCUT2D eigenvalue weighted by molar-refractivity contribution is 5.94. The van der Waals surface area contributed by atoms with Gasteiger partial charge in [0.2, 0.25) is 11.6 Å². The molecular weight excluding hydrogens is 554 g/mol. The van der Waals surface area contributed by atoms with E-state index in [2.05, 4.69) is 35.8 Å². The third-order valence-electron chi connectivity index (χ3n) is 5.77. The molecule has 5 aromatic rings. The molecule has 214 valence electrons. The number of nitrogens with one attached hydrogen (secondary N) is 1. The summed E-state index contributed by atoms with van der Waals surface area (Å²) in [5, 5.41) is 19.0. The van der Waals surface area contributed by atoms with Crippen LogP contribution in [0.2, 0.25) is 0 Å². The number of rotatable bonds is 11. The number of benzene rings is 3. The van der Waals surface area contributed by atoms with Crippen LogP contribution in [-0.4, -0.2) is 44.5 Å². The minimum atomic E-state index is -0.720. The third kappa shape index (κ3) is 6.30. The first-order valence-corrected chi connectivity index (χ1v) is 12.2. The molecule has 2 heterocycles. The highest BCUT2D eigenvalue weighted by Gasteiger charge is 2.24. The lowest BCUT2D eigenvalue weighted by atomic mass is 10.2. The highest BCUT2D eigenvalue weighted by atomic mass is 19.1. The molecule has 5 rings (SSSR count). The molecule has 0 atom stereocenters. The second-order valence-electron chi connectivity index (χ2n) is 8.50. The van der Waals surface area contributed by atoms with Gasteiger partial charge in [-0.2, -0.15) is 9.78 Å². The van der Waals surface area contributed by atoms with Gasteiger partial charge in [-0.25, -0.2) is 18.8 Å². The van der Waals surface area contributed by atoms with Gasteiger partial charge < -0.3 is 19.9 Å². The fraction of sp³-hybridized carbons (Fsp3) is 0.111. The monoisotopic (exact) mass is 576 g/mol. The number of aromatic nitrogens is 5. The Morgan fingerprint density at radius 2 is 1.86 bits per heavy atom. The molecule has 0 radical (unpaired) electrons. The molecule has 0 aliphatic heterocycles. The largest absolute Gasteiger partial charge is 0.493 e. The molecule has 3 N–H and O–H groups in total. The Morgan fingerprint density at radius 1 is 1.05 bits per heavy atom. The average Bonchev–Trinajstić information content (AvgIpc) is 3.62. The Morgan fingerprint density at radius 3 is 2.60 bits per heavy atom. The van der Waals surface area contributed by atoms with Crippen LogP contribution in [0.4, 0.5) is 14.6 Å². The van der Waals surface area contributed by atoms with E-state index < -0.39 is 11.7 Å². The summed E-state index contributed by atoms with van der Waals surface area (Å²) in [6.07, 6.45) is 1.37. The molecule has 0 spiro atoms. The van der Waals surface area contributed by atoms with Gasteiger partial charge in [0.15, 0.2) is 17.2 Å². The van der Waals surface area contributed by atoms with Gasteiger partial charge >= 0.3 is 0 Å². The fourth-order valence-electron chi connectivity index (χ4n) is 3.67. The van der Waals surface area contributed by atoms with Crippen molar-refractivity contribution in [1.29, 1.82) is 0 Å². The lowest BCUT2D eigenvalue weighted by molar-refractivity contribution is 0.0947. The number of ether oxygens (including phenoxy) is 3. The Balaban J connectivity index is 1.29.